The van der Waals surface area contributed by atoms with E-state index in [0.29, 0.717) is 13.1 Å². The third-order valence-corrected chi connectivity index (χ3v) is 3.82. The molecule has 6 heteroatoms. The summed E-state index contributed by atoms with van der Waals surface area (Å²) < 4.78 is 6.25. The van der Waals surface area contributed by atoms with Gasteiger partial charge in [-0.2, -0.15) is 0 Å². The fourth-order valence-corrected chi connectivity index (χ4v) is 2.63. The van der Waals surface area contributed by atoms with Crippen molar-refractivity contribution in [3.63, 3.8) is 0 Å². The smallest absolute Gasteiger partial charge is 0.407 e. The zero-order chi connectivity index (χ0) is 14.4. The zero-order valence-corrected chi connectivity index (χ0v) is 12.9. The van der Waals surface area contributed by atoms with Crippen molar-refractivity contribution in [2.45, 2.75) is 6.54 Å². The average Bonchev–Trinajstić information content (AvgIpc) is 2.44. The van der Waals surface area contributed by atoms with Crippen molar-refractivity contribution in [2.75, 3.05) is 39.4 Å². The number of halogens is 1. The van der Waals surface area contributed by atoms with Crippen LogP contribution in [0, 0.1) is 0 Å². The summed E-state index contributed by atoms with van der Waals surface area (Å²) in [6.45, 7) is 4.91. The normalized spacial score (nSPS) is 16.1. The molecule has 1 aliphatic heterocycles. The molecular weight excluding hydrogens is 324 g/mol. The Morgan fingerprint density at radius 1 is 1.40 bits per heavy atom. The summed E-state index contributed by atoms with van der Waals surface area (Å²) in [7, 11) is 0. The molecule has 1 aromatic rings. The van der Waals surface area contributed by atoms with Gasteiger partial charge >= 0.3 is 6.09 Å². The first kappa shape index (κ1) is 15.3. The highest BCUT2D eigenvalue weighted by Gasteiger charge is 2.16. The van der Waals surface area contributed by atoms with Crippen molar-refractivity contribution in [3.05, 3.63) is 34.3 Å². The molecule has 110 valence electrons. The van der Waals surface area contributed by atoms with E-state index in [2.05, 4.69) is 20.8 Å². The Balaban J connectivity index is 1.88. The minimum atomic E-state index is -0.877. The molecule has 0 radical (unpaired) electrons. The van der Waals surface area contributed by atoms with E-state index in [1.54, 1.807) is 0 Å². The van der Waals surface area contributed by atoms with E-state index in [0.717, 1.165) is 42.9 Å². The van der Waals surface area contributed by atoms with Gasteiger partial charge in [-0.05, 0) is 17.7 Å². The molecule has 0 spiro atoms. The molecule has 0 saturated carbocycles. The van der Waals surface area contributed by atoms with Crippen molar-refractivity contribution in [2.24, 2.45) is 0 Å². The van der Waals surface area contributed by atoms with Gasteiger partial charge in [0.15, 0.2) is 0 Å². The van der Waals surface area contributed by atoms with Crippen molar-refractivity contribution in [1.82, 2.24) is 9.80 Å². The van der Waals surface area contributed by atoms with E-state index in [1.165, 1.54) is 4.90 Å². The molecule has 0 bridgehead atoms. The maximum absolute atomic E-state index is 11.3. The monoisotopic (exact) mass is 342 g/mol. The third kappa shape index (κ3) is 4.77. The molecule has 1 aliphatic rings. The second-order valence-corrected chi connectivity index (χ2v) is 5.70. The van der Waals surface area contributed by atoms with Crippen LogP contribution >= 0.6 is 15.9 Å². The molecule has 1 heterocycles. The van der Waals surface area contributed by atoms with Gasteiger partial charge in [0, 0.05) is 37.2 Å². The van der Waals surface area contributed by atoms with E-state index < -0.39 is 6.09 Å². The average molecular weight is 343 g/mol. The number of hydrogen-bond donors (Lipinski definition) is 1. The van der Waals surface area contributed by atoms with Gasteiger partial charge in [0.25, 0.3) is 0 Å². The van der Waals surface area contributed by atoms with Crippen molar-refractivity contribution in [3.8, 4) is 0 Å². The third-order valence-electron chi connectivity index (χ3n) is 3.32. The van der Waals surface area contributed by atoms with Crippen LogP contribution in [0.2, 0.25) is 0 Å². The van der Waals surface area contributed by atoms with E-state index >= 15 is 0 Å². The SMILES string of the molecule is O=C(O)N(CCN1CCOCC1)Cc1cccc(Br)c1. The van der Waals surface area contributed by atoms with Crippen molar-refractivity contribution < 1.29 is 14.6 Å². The van der Waals surface area contributed by atoms with Crippen LogP contribution in [-0.4, -0.2) is 60.4 Å². The Labute approximate surface area is 127 Å². The summed E-state index contributed by atoms with van der Waals surface area (Å²) in [5.74, 6) is 0. The number of morpholine rings is 1. The van der Waals surface area contributed by atoms with E-state index in [4.69, 9.17) is 4.74 Å². The largest absolute Gasteiger partial charge is 0.465 e. The zero-order valence-electron chi connectivity index (χ0n) is 11.3. The van der Waals surface area contributed by atoms with Crippen LogP contribution in [0.4, 0.5) is 4.79 Å². The standard InChI is InChI=1S/C14H19BrN2O3/c15-13-3-1-2-12(10-13)11-17(14(18)19)5-4-16-6-8-20-9-7-16/h1-3,10H,4-9,11H2,(H,18,19). The van der Waals surface area contributed by atoms with E-state index in [-0.39, 0.29) is 0 Å². The van der Waals surface area contributed by atoms with E-state index in [9.17, 15) is 9.90 Å². The maximum Gasteiger partial charge on any atom is 0.407 e. The molecule has 0 aromatic heterocycles. The van der Waals surface area contributed by atoms with Crippen molar-refractivity contribution >= 4 is 22.0 Å². The van der Waals surface area contributed by atoms with Crippen molar-refractivity contribution in [1.29, 1.82) is 0 Å². The highest BCUT2D eigenvalue weighted by molar-refractivity contribution is 9.10. The maximum atomic E-state index is 11.3. The number of ether oxygens (including phenoxy) is 1. The van der Waals surface area contributed by atoms with Gasteiger partial charge in [0.2, 0.25) is 0 Å². The van der Waals surface area contributed by atoms with E-state index in [1.807, 2.05) is 24.3 Å². The quantitative estimate of drug-likeness (QED) is 0.891. The summed E-state index contributed by atoms with van der Waals surface area (Å²) >= 11 is 3.40. The lowest BCUT2D eigenvalue weighted by Crippen LogP contribution is -2.42. The predicted molar refractivity (Wildman–Crippen MR) is 79.8 cm³/mol. The first-order valence-electron chi connectivity index (χ1n) is 6.67. The molecule has 5 nitrogen and oxygen atoms in total. The molecule has 1 amide bonds. The molecular formula is C14H19BrN2O3. The molecule has 1 fully saturated rings. The molecule has 1 saturated heterocycles. The lowest BCUT2D eigenvalue weighted by molar-refractivity contribution is 0.0333. The fourth-order valence-electron chi connectivity index (χ4n) is 2.18. The van der Waals surface area contributed by atoms with Crippen LogP contribution in [0.5, 0.6) is 0 Å². The van der Waals surface area contributed by atoms with Crippen LogP contribution < -0.4 is 0 Å². The number of benzene rings is 1. The number of nitrogens with zero attached hydrogens (tertiary/aromatic N) is 2. The lowest BCUT2D eigenvalue weighted by atomic mass is 10.2. The van der Waals surface area contributed by atoms with Gasteiger partial charge in [-0.15, -0.1) is 0 Å². The van der Waals surface area contributed by atoms with Gasteiger partial charge in [-0.1, -0.05) is 28.1 Å². The highest BCUT2D eigenvalue weighted by Crippen LogP contribution is 2.13. The summed E-state index contributed by atoms with van der Waals surface area (Å²) in [5, 5.41) is 9.30. The van der Waals surface area contributed by atoms with Crippen LogP contribution in [-0.2, 0) is 11.3 Å². The predicted octanol–water partition coefficient (Wildman–Crippen LogP) is 2.26. The lowest BCUT2D eigenvalue weighted by Gasteiger charge is -2.29. The number of carbonyl (C=O) groups is 1. The summed E-state index contributed by atoms with van der Waals surface area (Å²) in [6.07, 6.45) is -0.877. The Hall–Kier alpha value is -1.11. The number of rotatable bonds is 5. The van der Waals surface area contributed by atoms with Gasteiger partial charge in [0.1, 0.15) is 0 Å². The van der Waals surface area contributed by atoms with Gasteiger partial charge in [0.05, 0.1) is 13.2 Å². The molecule has 0 atom stereocenters. The summed E-state index contributed by atoms with van der Waals surface area (Å²) in [5.41, 5.74) is 0.990. The summed E-state index contributed by atoms with van der Waals surface area (Å²) in [4.78, 5) is 15.0. The number of amides is 1. The topological polar surface area (TPSA) is 53.0 Å². The van der Waals surface area contributed by atoms with Crippen LogP contribution in [0.1, 0.15) is 5.56 Å². The van der Waals surface area contributed by atoms with Gasteiger partial charge in [-0.3, -0.25) is 4.90 Å². The summed E-state index contributed by atoms with van der Waals surface area (Å²) in [6, 6.07) is 7.74. The minimum Gasteiger partial charge on any atom is -0.465 e. The molecule has 20 heavy (non-hydrogen) atoms. The molecule has 1 aromatic carbocycles. The van der Waals surface area contributed by atoms with Gasteiger partial charge < -0.3 is 14.7 Å². The highest BCUT2D eigenvalue weighted by atomic mass is 79.9. The molecule has 2 rings (SSSR count). The Kier molecular flexibility index (Phi) is 5.82. The molecule has 0 aliphatic carbocycles. The minimum absolute atomic E-state index is 0.416. The van der Waals surface area contributed by atoms with Gasteiger partial charge in [-0.25, -0.2) is 4.79 Å². The second kappa shape index (κ2) is 7.61. The Bertz CT molecular complexity index is 450. The first-order chi connectivity index (χ1) is 9.65. The number of carboxylic acid groups (broad SMARTS) is 1. The van der Waals surface area contributed by atoms with Crippen LogP contribution in [0.3, 0.4) is 0 Å². The van der Waals surface area contributed by atoms with Crippen LogP contribution in [0.15, 0.2) is 28.7 Å². The first-order valence-corrected chi connectivity index (χ1v) is 7.47. The number of hydrogen-bond acceptors (Lipinski definition) is 3. The molecule has 1 N–H and O–H groups in total. The van der Waals surface area contributed by atoms with Crippen LogP contribution in [0.25, 0.3) is 0 Å². The second-order valence-electron chi connectivity index (χ2n) is 4.79. The Morgan fingerprint density at radius 3 is 2.80 bits per heavy atom. The Morgan fingerprint density at radius 2 is 2.15 bits per heavy atom. The fraction of sp³-hybridized carbons (Fsp3) is 0.500. The molecule has 0 unspecified atom stereocenters.